The van der Waals surface area contributed by atoms with Crippen molar-refractivity contribution in [1.82, 2.24) is 5.32 Å². The lowest BCUT2D eigenvalue weighted by atomic mass is 9.90. The monoisotopic (exact) mass is 356 g/mol. The molecule has 0 saturated heterocycles. The third-order valence-corrected chi connectivity index (χ3v) is 4.34. The molecule has 0 bridgehead atoms. The first kappa shape index (κ1) is 17.5. The molecule has 4 nitrogen and oxygen atoms in total. The maximum atomic E-state index is 6.08. The fourth-order valence-electron chi connectivity index (χ4n) is 3.10. The highest BCUT2D eigenvalue weighted by Crippen LogP contribution is 2.39. The van der Waals surface area contributed by atoms with Crippen molar-refractivity contribution >= 4 is 23.0 Å². The first-order chi connectivity index (χ1) is 12.0. The van der Waals surface area contributed by atoms with E-state index >= 15 is 0 Å². The summed E-state index contributed by atoms with van der Waals surface area (Å²) < 4.78 is 11.7. The molecule has 3 rings (SSSR count). The van der Waals surface area contributed by atoms with E-state index in [0.717, 1.165) is 29.2 Å². The maximum absolute atomic E-state index is 6.08. The number of anilines is 1. The van der Waals surface area contributed by atoms with Gasteiger partial charge >= 0.3 is 0 Å². The van der Waals surface area contributed by atoms with Crippen molar-refractivity contribution in [2.24, 2.45) is 0 Å². The number of fused-ring (bicyclic) bond motifs is 1. The minimum Gasteiger partial charge on any atom is -0.492 e. The van der Waals surface area contributed by atoms with Crippen LogP contribution in [0.1, 0.15) is 38.8 Å². The quantitative estimate of drug-likeness (QED) is 0.779. The second kappa shape index (κ2) is 7.31. The van der Waals surface area contributed by atoms with E-state index in [9.17, 15) is 0 Å². The first-order valence-corrected chi connectivity index (χ1v) is 8.96. The average Bonchev–Trinajstić information content (AvgIpc) is 2.56. The molecule has 0 aromatic heterocycles. The summed E-state index contributed by atoms with van der Waals surface area (Å²) in [5, 5.41) is 7.26. The lowest BCUT2D eigenvalue weighted by molar-refractivity contribution is 0.0697. The van der Waals surface area contributed by atoms with Crippen LogP contribution >= 0.6 is 12.2 Å². The lowest BCUT2D eigenvalue weighted by Gasteiger charge is -2.38. The molecule has 5 heteroatoms. The number of benzene rings is 2. The molecular formula is C20H24N2O2S. The minimum absolute atomic E-state index is 0.0965. The van der Waals surface area contributed by atoms with Gasteiger partial charge in [-0.25, -0.2) is 0 Å². The molecule has 25 heavy (non-hydrogen) atoms. The van der Waals surface area contributed by atoms with Crippen LogP contribution in [0.4, 0.5) is 5.69 Å². The molecule has 0 radical (unpaired) electrons. The summed E-state index contributed by atoms with van der Waals surface area (Å²) in [4.78, 5) is 0. The van der Waals surface area contributed by atoms with E-state index in [-0.39, 0.29) is 11.6 Å². The summed E-state index contributed by atoms with van der Waals surface area (Å²) in [6.45, 7) is 6.77. The lowest BCUT2D eigenvalue weighted by Crippen LogP contribution is -2.42. The summed E-state index contributed by atoms with van der Waals surface area (Å²) in [6, 6.07) is 16.0. The number of hydrogen-bond acceptors (Lipinski definition) is 3. The number of ether oxygens (including phenoxy) is 2. The summed E-state index contributed by atoms with van der Waals surface area (Å²) in [6.07, 6.45) is 0.832. The van der Waals surface area contributed by atoms with Crippen LogP contribution < -0.4 is 20.1 Å². The number of nitrogens with one attached hydrogen (secondary N) is 2. The van der Waals surface area contributed by atoms with Gasteiger partial charge in [-0.1, -0.05) is 30.3 Å². The summed E-state index contributed by atoms with van der Waals surface area (Å²) in [5.41, 5.74) is 1.75. The molecule has 0 spiro atoms. The first-order valence-electron chi connectivity index (χ1n) is 8.56. The van der Waals surface area contributed by atoms with Gasteiger partial charge < -0.3 is 20.1 Å². The van der Waals surface area contributed by atoms with Gasteiger partial charge in [-0.2, -0.15) is 0 Å². The zero-order valence-electron chi connectivity index (χ0n) is 14.8. The van der Waals surface area contributed by atoms with E-state index in [1.807, 2.05) is 49.4 Å². The minimum atomic E-state index is -0.245. The van der Waals surface area contributed by atoms with Crippen LogP contribution in [0.3, 0.4) is 0 Å². The van der Waals surface area contributed by atoms with Crippen molar-refractivity contribution < 1.29 is 9.47 Å². The van der Waals surface area contributed by atoms with Gasteiger partial charge in [0.05, 0.1) is 18.3 Å². The smallest absolute Gasteiger partial charge is 0.171 e. The summed E-state index contributed by atoms with van der Waals surface area (Å²) in [5.74, 6) is 1.70. The molecule has 2 aromatic rings. The van der Waals surface area contributed by atoms with Crippen LogP contribution in [0.15, 0.2) is 48.5 Å². The molecular weight excluding hydrogens is 332 g/mol. The third kappa shape index (κ3) is 4.23. The number of para-hydroxylation sites is 3. The molecule has 1 atom stereocenters. The Morgan fingerprint density at radius 3 is 2.72 bits per heavy atom. The van der Waals surface area contributed by atoms with E-state index in [1.54, 1.807) is 0 Å². The molecule has 0 aliphatic carbocycles. The van der Waals surface area contributed by atoms with E-state index in [0.29, 0.717) is 11.7 Å². The van der Waals surface area contributed by atoms with Gasteiger partial charge in [-0.15, -0.1) is 0 Å². The molecule has 0 fully saturated rings. The van der Waals surface area contributed by atoms with Crippen LogP contribution in [0, 0.1) is 0 Å². The standard InChI is InChI=1S/C20H24N2O2S/c1-4-23-18-12-8-6-10-15(18)21-19(25)22-16-13-20(2,3)24-17-11-7-5-9-14(16)17/h5-12,16H,4,13H2,1-3H3,(H2,21,22,25)/t16-/m1/s1. The Hall–Kier alpha value is -2.27. The largest absolute Gasteiger partial charge is 0.492 e. The van der Waals surface area contributed by atoms with Gasteiger partial charge in [0.15, 0.2) is 5.11 Å². The van der Waals surface area contributed by atoms with E-state index in [4.69, 9.17) is 21.7 Å². The van der Waals surface area contributed by atoms with Gasteiger partial charge in [0.25, 0.3) is 0 Å². The topological polar surface area (TPSA) is 42.5 Å². The average molecular weight is 356 g/mol. The van der Waals surface area contributed by atoms with Crippen molar-refractivity contribution in [1.29, 1.82) is 0 Å². The fraction of sp³-hybridized carbons (Fsp3) is 0.350. The Morgan fingerprint density at radius 1 is 1.20 bits per heavy atom. The van der Waals surface area contributed by atoms with Crippen LogP contribution in [0.25, 0.3) is 0 Å². The normalized spacial score (nSPS) is 17.8. The Labute approximate surface area is 154 Å². The van der Waals surface area contributed by atoms with Crippen molar-refractivity contribution in [2.45, 2.75) is 38.8 Å². The van der Waals surface area contributed by atoms with Crippen LogP contribution in [-0.2, 0) is 0 Å². The van der Waals surface area contributed by atoms with Gasteiger partial charge in [0.2, 0.25) is 0 Å². The molecule has 1 heterocycles. The maximum Gasteiger partial charge on any atom is 0.171 e. The number of thiocarbonyl (C=S) groups is 1. The van der Waals surface area contributed by atoms with Crippen molar-refractivity contribution in [3.63, 3.8) is 0 Å². The van der Waals surface area contributed by atoms with E-state index in [1.165, 1.54) is 0 Å². The zero-order chi connectivity index (χ0) is 17.9. The molecule has 132 valence electrons. The van der Waals surface area contributed by atoms with Crippen molar-refractivity contribution in [3.8, 4) is 11.5 Å². The summed E-state index contributed by atoms with van der Waals surface area (Å²) in [7, 11) is 0. The molecule has 0 unspecified atom stereocenters. The SMILES string of the molecule is CCOc1ccccc1NC(=S)N[C@@H]1CC(C)(C)Oc2ccccc21. The van der Waals surface area contributed by atoms with Gasteiger partial charge in [0.1, 0.15) is 17.1 Å². The van der Waals surface area contributed by atoms with Crippen molar-refractivity contribution in [2.75, 3.05) is 11.9 Å². The third-order valence-electron chi connectivity index (χ3n) is 4.12. The van der Waals surface area contributed by atoms with Gasteiger partial charge in [-0.3, -0.25) is 0 Å². The Kier molecular flexibility index (Phi) is 5.13. The van der Waals surface area contributed by atoms with Crippen LogP contribution in [0.5, 0.6) is 11.5 Å². The highest BCUT2D eigenvalue weighted by molar-refractivity contribution is 7.80. The fourth-order valence-corrected chi connectivity index (χ4v) is 3.35. The highest BCUT2D eigenvalue weighted by atomic mass is 32.1. The number of hydrogen-bond donors (Lipinski definition) is 2. The van der Waals surface area contributed by atoms with Crippen LogP contribution in [0.2, 0.25) is 0 Å². The predicted molar refractivity (Wildman–Crippen MR) is 105 cm³/mol. The van der Waals surface area contributed by atoms with Crippen LogP contribution in [-0.4, -0.2) is 17.3 Å². The Balaban J connectivity index is 1.75. The molecule has 2 aromatic carbocycles. The Morgan fingerprint density at radius 2 is 1.92 bits per heavy atom. The van der Waals surface area contributed by atoms with Gasteiger partial charge in [-0.05, 0) is 51.2 Å². The summed E-state index contributed by atoms with van der Waals surface area (Å²) >= 11 is 5.55. The molecule has 1 aliphatic heterocycles. The highest BCUT2D eigenvalue weighted by Gasteiger charge is 2.33. The Bertz CT molecular complexity index is 761. The zero-order valence-corrected chi connectivity index (χ0v) is 15.7. The van der Waals surface area contributed by atoms with Crippen molar-refractivity contribution in [3.05, 3.63) is 54.1 Å². The molecule has 0 amide bonds. The van der Waals surface area contributed by atoms with E-state index in [2.05, 4.69) is 30.5 Å². The second-order valence-electron chi connectivity index (χ2n) is 6.68. The van der Waals surface area contributed by atoms with E-state index < -0.39 is 0 Å². The molecule has 1 aliphatic rings. The predicted octanol–water partition coefficient (Wildman–Crippen LogP) is 4.67. The molecule has 2 N–H and O–H groups in total. The molecule has 0 saturated carbocycles. The van der Waals surface area contributed by atoms with Gasteiger partial charge in [0, 0.05) is 12.0 Å². The second-order valence-corrected chi connectivity index (χ2v) is 7.09. The number of rotatable bonds is 4.